The average Bonchev–Trinajstić information content (AvgIpc) is 2.97. The van der Waals surface area contributed by atoms with Crippen molar-refractivity contribution in [3.63, 3.8) is 0 Å². The van der Waals surface area contributed by atoms with Crippen LogP contribution in [0.5, 0.6) is 0 Å². The van der Waals surface area contributed by atoms with Gasteiger partial charge in [0, 0.05) is 41.8 Å². The first kappa shape index (κ1) is 18.3. The van der Waals surface area contributed by atoms with E-state index in [4.69, 9.17) is 0 Å². The Hall–Kier alpha value is -2.48. The number of benzene rings is 2. The second-order valence-corrected chi connectivity index (χ2v) is 7.93. The maximum absolute atomic E-state index is 12.4. The molecular formula is C19H20N2O4S. The molecule has 2 aromatic carbocycles. The summed E-state index contributed by atoms with van der Waals surface area (Å²) in [5.41, 5.74) is 2.07. The van der Waals surface area contributed by atoms with Crippen LogP contribution >= 0.6 is 0 Å². The van der Waals surface area contributed by atoms with Gasteiger partial charge in [-0.1, -0.05) is 30.3 Å². The number of rotatable bonds is 6. The first-order valence-electron chi connectivity index (χ1n) is 8.12. The van der Waals surface area contributed by atoms with E-state index in [0.717, 1.165) is 10.9 Å². The van der Waals surface area contributed by atoms with Crippen molar-refractivity contribution in [2.75, 3.05) is 6.54 Å². The van der Waals surface area contributed by atoms with Gasteiger partial charge in [-0.2, -0.15) is 0 Å². The number of nitrogens with one attached hydrogen (secondary N) is 1. The van der Waals surface area contributed by atoms with Crippen LogP contribution in [0.3, 0.4) is 0 Å². The monoisotopic (exact) mass is 372 g/mol. The van der Waals surface area contributed by atoms with Gasteiger partial charge in [0.2, 0.25) is 10.0 Å². The maximum Gasteiger partial charge on any atom is 0.240 e. The molecule has 2 N–H and O–H groups in total. The third-order valence-corrected chi connectivity index (χ3v) is 5.76. The molecule has 26 heavy (non-hydrogen) atoms. The number of ketones is 1. The van der Waals surface area contributed by atoms with Gasteiger partial charge < -0.3 is 9.67 Å². The van der Waals surface area contributed by atoms with E-state index in [9.17, 15) is 18.3 Å². The molecule has 0 amide bonds. The van der Waals surface area contributed by atoms with Gasteiger partial charge in [0.25, 0.3) is 0 Å². The van der Waals surface area contributed by atoms with E-state index in [1.165, 1.54) is 31.2 Å². The molecule has 0 bridgehead atoms. The molecule has 0 fully saturated rings. The highest BCUT2D eigenvalue weighted by molar-refractivity contribution is 7.89. The summed E-state index contributed by atoms with van der Waals surface area (Å²) >= 11 is 0. The molecular weight excluding hydrogens is 352 g/mol. The number of nitrogens with zero attached hydrogens (tertiary/aromatic N) is 1. The number of aryl methyl sites for hydroxylation is 1. The summed E-state index contributed by atoms with van der Waals surface area (Å²) in [6, 6.07) is 13.3. The van der Waals surface area contributed by atoms with Crippen LogP contribution in [0, 0.1) is 0 Å². The SMILES string of the molecule is CC(=O)c1ccc(S(=O)(=O)NCC(O)c2cn(C)c3ccccc23)cc1. The van der Waals surface area contributed by atoms with E-state index in [-0.39, 0.29) is 17.2 Å². The summed E-state index contributed by atoms with van der Waals surface area (Å²) in [5, 5.41) is 11.4. The number of aromatic nitrogens is 1. The fourth-order valence-electron chi connectivity index (χ4n) is 2.89. The van der Waals surface area contributed by atoms with Gasteiger partial charge >= 0.3 is 0 Å². The number of Topliss-reactive ketones (excluding diaryl/α,β-unsaturated/α-hetero) is 1. The predicted octanol–water partition coefficient (Wildman–Crippen LogP) is 2.39. The minimum absolute atomic E-state index is 0.0487. The van der Waals surface area contributed by atoms with Gasteiger partial charge in [0.05, 0.1) is 11.0 Å². The van der Waals surface area contributed by atoms with E-state index < -0.39 is 16.1 Å². The van der Waals surface area contributed by atoms with Crippen molar-refractivity contribution < 1.29 is 18.3 Å². The lowest BCUT2D eigenvalue weighted by Gasteiger charge is -2.12. The van der Waals surface area contributed by atoms with Crippen molar-refractivity contribution in [3.05, 3.63) is 65.9 Å². The molecule has 7 heteroatoms. The third kappa shape index (κ3) is 3.55. The molecule has 0 aliphatic rings. The molecule has 1 unspecified atom stereocenters. The zero-order valence-corrected chi connectivity index (χ0v) is 15.3. The van der Waals surface area contributed by atoms with Gasteiger partial charge in [-0.15, -0.1) is 0 Å². The van der Waals surface area contributed by atoms with E-state index in [1.54, 1.807) is 6.20 Å². The van der Waals surface area contributed by atoms with E-state index in [2.05, 4.69) is 4.72 Å². The van der Waals surface area contributed by atoms with Gasteiger partial charge in [-0.05, 0) is 25.1 Å². The normalized spacial score (nSPS) is 13.0. The number of hydrogen-bond donors (Lipinski definition) is 2. The summed E-state index contributed by atoms with van der Waals surface area (Å²) in [5.74, 6) is -0.131. The molecule has 0 radical (unpaired) electrons. The van der Waals surface area contributed by atoms with Gasteiger partial charge in [-0.25, -0.2) is 13.1 Å². The zero-order chi connectivity index (χ0) is 18.9. The molecule has 0 spiro atoms. The molecule has 0 saturated carbocycles. The van der Waals surface area contributed by atoms with Gasteiger partial charge in [0.1, 0.15) is 0 Å². The van der Waals surface area contributed by atoms with Crippen molar-refractivity contribution in [2.45, 2.75) is 17.9 Å². The Morgan fingerprint density at radius 2 is 1.81 bits per heavy atom. The van der Waals surface area contributed by atoms with Crippen molar-refractivity contribution in [1.29, 1.82) is 0 Å². The number of sulfonamides is 1. The Kier molecular flexibility index (Phi) is 4.95. The molecule has 0 aliphatic heterocycles. The number of carbonyl (C=O) groups is 1. The molecule has 0 aliphatic carbocycles. The van der Waals surface area contributed by atoms with Crippen molar-refractivity contribution >= 4 is 26.7 Å². The quantitative estimate of drug-likeness (QED) is 0.650. The average molecular weight is 372 g/mol. The van der Waals surface area contributed by atoms with Crippen LogP contribution in [0.25, 0.3) is 10.9 Å². The zero-order valence-electron chi connectivity index (χ0n) is 14.5. The first-order valence-corrected chi connectivity index (χ1v) is 9.60. The summed E-state index contributed by atoms with van der Waals surface area (Å²) in [6.07, 6.45) is 0.818. The Balaban J connectivity index is 1.77. The van der Waals surface area contributed by atoms with Crippen LogP contribution in [0.1, 0.15) is 28.9 Å². The van der Waals surface area contributed by atoms with Crippen molar-refractivity contribution in [1.82, 2.24) is 9.29 Å². The Morgan fingerprint density at radius 3 is 2.46 bits per heavy atom. The number of para-hydroxylation sites is 1. The van der Waals surface area contributed by atoms with Crippen LogP contribution in [0.2, 0.25) is 0 Å². The fraction of sp³-hybridized carbons (Fsp3) is 0.211. The van der Waals surface area contributed by atoms with Crippen molar-refractivity contribution in [3.8, 4) is 0 Å². The molecule has 1 aromatic heterocycles. The van der Waals surface area contributed by atoms with Gasteiger partial charge in [-0.3, -0.25) is 4.79 Å². The topological polar surface area (TPSA) is 88.4 Å². The fourth-order valence-corrected chi connectivity index (χ4v) is 3.93. The van der Waals surface area contributed by atoms with Crippen molar-refractivity contribution in [2.24, 2.45) is 7.05 Å². The molecule has 3 rings (SSSR count). The maximum atomic E-state index is 12.4. The minimum atomic E-state index is -3.78. The smallest absolute Gasteiger partial charge is 0.240 e. The van der Waals surface area contributed by atoms with Gasteiger partial charge in [0.15, 0.2) is 5.78 Å². The first-order chi connectivity index (χ1) is 12.3. The van der Waals surface area contributed by atoms with E-state index in [0.29, 0.717) is 11.1 Å². The highest BCUT2D eigenvalue weighted by Crippen LogP contribution is 2.25. The largest absolute Gasteiger partial charge is 0.387 e. The van der Waals surface area contributed by atoms with E-state index >= 15 is 0 Å². The summed E-state index contributed by atoms with van der Waals surface area (Å²) < 4.78 is 29.1. The Morgan fingerprint density at radius 1 is 1.15 bits per heavy atom. The molecule has 1 heterocycles. The highest BCUT2D eigenvalue weighted by Gasteiger charge is 2.19. The highest BCUT2D eigenvalue weighted by atomic mass is 32.2. The van der Waals surface area contributed by atoms with Crippen LogP contribution in [-0.4, -0.2) is 30.4 Å². The Bertz CT molecular complexity index is 1050. The molecule has 1 atom stereocenters. The third-order valence-electron chi connectivity index (χ3n) is 4.32. The second kappa shape index (κ2) is 7.03. The number of hydrogen-bond acceptors (Lipinski definition) is 4. The lowest BCUT2D eigenvalue weighted by atomic mass is 10.1. The molecule has 0 saturated heterocycles. The number of carbonyl (C=O) groups excluding carboxylic acids is 1. The van der Waals surface area contributed by atoms with Crippen LogP contribution in [-0.2, 0) is 17.1 Å². The summed E-state index contributed by atoms with van der Waals surface area (Å²) in [4.78, 5) is 11.3. The standard InChI is InChI=1S/C19H20N2O4S/c1-13(22)14-7-9-15(10-8-14)26(24,25)20-11-19(23)17-12-21(2)18-6-4-3-5-16(17)18/h3-10,12,19-20,23H,11H2,1-2H3. The minimum Gasteiger partial charge on any atom is -0.387 e. The lowest BCUT2D eigenvalue weighted by Crippen LogP contribution is -2.28. The van der Waals surface area contributed by atoms with E-state index in [1.807, 2.05) is 35.9 Å². The summed E-state index contributed by atoms with van der Waals surface area (Å²) in [6.45, 7) is 1.27. The van der Waals surface area contributed by atoms with Crippen LogP contribution in [0.4, 0.5) is 0 Å². The number of aliphatic hydroxyl groups is 1. The predicted molar refractivity (Wildman–Crippen MR) is 99.5 cm³/mol. The molecule has 6 nitrogen and oxygen atoms in total. The lowest BCUT2D eigenvalue weighted by molar-refractivity contribution is 0.101. The Labute approximate surface area is 152 Å². The number of aliphatic hydroxyl groups excluding tert-OH is 1. The van der Waals surface area contributed by atoms with Crippen LogP contribution < -0.4 is 4.72 Å². The molecule has 136 valence electrons. The van der Waals surface area contributed by atoms with Crippen LogP contribution in [0.15, 0.2) is 59.6 Å². The second-order valence-electron chi connectivity index (χ2n) is 6.16. The number of fused-ring (bicyclic) bond motifs is 1. The molecule has 3 aromatic rings. The summed E-state index contributed by atoms with van der Waals surface area (Å²) in [7, 11) is -1.91.